The van der Waals surface area contributed by atoms with Gasteiger partial charge in [0.2, 0.25) is 5.69 Å². The van der Waals surface area contributed by atoms with Crippen LogP contribution in [0, 0.1) is 5.21 Å². The average molecular weight is 176 g/mol. The molecule has 13 heavy (non-hydrogen) atoms. The van der Waals surface area contributed by atoms with Gasteiger partial charge in [-0.2, -0.15) is 0 Å². The molecule has 0 atom stereocenters. The number of rotatable bonds is 1. The van der Waals surface area contributed by atoms with Gasteiger partial charge in [-0.3, -0.25) is 0 Å². The molecule has 1 aromatic heterocycles. The van der Waals surface area contributed by atoms with Gasteiger partial charge in [0.1, 0.15) is 6.20 Å². The first-order valence-corrected chi connectivity index (χ1v) is 3.83. The molecule has 0 amide bonds. The van der Waals surface area contributed by atoms with E-state index in [4.69, 9.17) is 0 Å². The van der Waals surface area contributed by atoms with E-state index in [9.17, 15) is 10.4 Å². The summed E-state index contributed by atoms with van der Waals surface area (Å²) in [5.41, 5.74) is 1.29. The quantitative estimate of drug-likeness (QED) is 0.400. The van der Waals surface area contributed by atoms with Gasteiger partial charge in [0.05, 0.1) is 0 Å². The largest absolute Gasteiger partial charge is 0.711 e. The molecular weight excluding hydrogens is 168 g/mol. The summed E-state index contributed by atoms with van der Waals surface area (Å²) in [7, 11) is 0. The van der Waals surface area contributed by atoms with Crippen molar-refractivity contribution in [2.45, 2.75) is 0 Å². The second-order valence-electron chi connectivity index (χ2n) is 2.70. The average Bonchev–Trinajstić information content (AvgIpc) is 2.47. The summed E-state index contributed by atoms with van der Waals surface area (Å²) in [4.78, 5) is 0. The van der Waals surface area contributed by atoms with E-state index < -0.39 is 0 Å². The number of imidazole rings is 1. The minimum Gasteiger partial charge on any atom is -0.711 e. The third kappa shape index (κ3) is 1.33. The summed E-state index contributed by atoms with van der Waals surface area (Å²) >= 11 is 0. The molecule has 0 unspecified atom stereocenters. The molecule has 1 aromatic carbocycles. The van der Waals surface area contributed by atoms with Crippen molar-refractivity contribution in [3.05, 3.63) is 48.1 Å². The lowest BCUT2D eigenvalue weighted by atomic mass is 10.2. The molecule has 1 N–H and O–H groups in total. The highest BCUT2D eigenvalue weighted by molar-refractivity contribution is 5.57. The van der Waals surface area contributed by atoms with Gasteiger partial charge in [0.25, 0.3) is 6.33 Å². The van der Waals surface area contributed by atoms with Gasteiger partial charge < -0.3 is 10.4 Å². The number of benzene rings is 1. The highest BCUT2D eigenvalue weighted by atomic mass is 16.5. The number of hydrogen-bond donors (Lipinski definition) is 1. The second kappa shape index (κ2) is 2.82. The first kappa shape index (κ1) is 7.67. The lowest BCUT2D eigenvalue weighted by Gasteiger charge is -1.92. The number of aromatic nitrogens is 2. The molecule has 0 saturated heterocycles. The maximum absolute atomic E-state index is 10.8. The number of nitrogens with zero attached hydrogens (tertiary/aromatic N) is 2. The van der Waals surface area contributed by atoms with Crippen LogP contribution in [0.3, 0.4) is 0 Å². The Hall–Kier alpha value is -1.97. The van der Waals surface area contributed by atoms with E-state index in [-0.39, 0.29) is 0 Å². The van der Waals surface area contributed by atoms with Gasteiger partial charge in [0, 0.05) is 5.56 Å². The Labute approximate surface area is 74.8 Å². The van der Waals surface area contributed by atoms with Gasteiger partial charge >= 0.3 is 0 Å². The van der Waals surface area contributed by atoms with Gasteiger partial charge in [-0.05, 0) is 4.73 Å². The van der Waals surface area contributed by atoms with Crippen molar-refractivity contribution in [1.82, 2.24) is 4.73 Å². The molecule has 1 heterocycles. The zero-order valence-corrected chi connectivity index (χ0v) is 6.79. The van der Waals surface area contributed by atoms with E-state index in [1.807, 2.05) is 30.3 Å². The molecule has 2 rings (SSSR count). The zero-order valence-electron chi connectivity index (χ0n) is 6.79. The van der Waals surface area contributed by atoms with Crippen LogP contribution in [-0.2, 0) is 0 Å². The van der Waals surface area contributed by atoms with Crippen molar-refractivity contribution in [2.24, 2.45) is 0 Å². The van der Waals surface area contributed by atoms with Crippen molar-refractivity contribution in [3.63, 3.8) is 0 Å². The molecule has 0 radical (unpaired) electrons. The van der Waals surface area contributed by atoms with Gasteiger partial charge in [-0.25, -0.2) is 4.73 Å². The van der Waals surface area contributed by atoms with E-state index in [0.717, 1.165) is 16.6 Å². The van der Waals surface area contributed by atoms with Gasteiger partial charge in [-0.1, -0.05) is 30.3 Å². The van der Waals surface area contributed by atoms with Crippen LogP contribution in [0.25, 0.3) is 11.3 Å². The van der Waals surface area contributed by atoms with Crippen LogP contribution in [0.15, 0.2) is 42.9 Å². The standard InChI is InChI=1S/C9H8N2O2/c12-10-6-9(11(13)7-10)8-4-2-1-3-5-8/h1-7,13H. The number of hydrogen-bond acceptors (Lipinski definition) is 2. The maximum Gasteiger partial charge on any atom is 0.287 e. The highest BCUT2D eigenvalue weighted by Crippen LogP contribution is 2.15. The third-order valence-electron chi connectivity index (χ3n) is 1.79. The lowest BCUT2D eigenvalue weighted by molar-refractivity contribution is -0.606. The lowest BCUT2D eigenvalue weighted by Crippen LogP contribution is -2.21. The van der Waals surface area contributed by atoms with Crippen molar-refractivity contribution in [1.29, 1.82) is 0 Å². The van der Waals surface area contributed by atoms with Gasteiger partial charge in [0.15, 0.2) is 0 Å². The van der Waals surface area contributed by atoms with E-state index in [1.54, 1.807) is 0 Å². The van der Waals surface area contributed by atoms with Crippen LogP contribution in [0.1, 0.15) is 0 Å². The van der Waals surface area contributed by atoms with Crippen LogP contribution >= 0.6 is 0 Å². The summed E-state index contributed by atoms with van der Waals surface area (Å²) < 4.78 is 1.37. The van der Waals surface area contributed by atoms with Crippen LogP contribution in [0.4, 0.5) is 0 Å². The Balaban J connectivity index is 2.53. The summed E-state index contributed by atoms with van der Waals surface area (Å²) in [5.74, 6) is 0. The predicted octanol–water partition coefficient (Wildman–Crippen LogP) is 1.03. The van der Waals surface area contributed by atoms with E-state index in [1.165, 1.54) is 6.20 Å². The van der Waals surface area contributed by atoms with Gasteiger partial charge in [-0.15, -0.1) is 0 Å². The Morgan fingerprint density at radius 3 is 2.46 bits per heavy atom. The third-order valence-corrected chi connectivity index (χ3v) is 1.79. The highest BCUT2D eigenvalue weighted by Gasteiger charge is 2.10. The molecule has 0 spiro atoms. The molecule has 2 aromatic rings. The van der Waals surface area contributed by atoms with Crippen LogP contribution < -0.4 is 4.73 Å². The predicted molar refractivity (Wildman–Crippen MR) is 46.0 cm³/mol. The van der Waals surface area contributed by atoms with E-state index in [2.05, 4.69) is 0 Å². The molecule has 0 aliphatic heterocycles. The maximum atomic E-state index is 10.8. The van der Waals surface area contributed by atoms with Crippen molar-refractivity contribution in [2.75, 3.05) is 0 Å². The first-order valence-electron chi connectivity index (χ1n) is 3.83. The Kier molecular flexibility index (Phi) is 1.66. The SMILES string of the molecule is [O-][n+]1cc(-c2ccccc2)n(O)c1. The fourth-order valence-corrected chi connectivity index (χ4v) is 1.20. The molecular formula is C9H8N2O2. The van der Waals surface area contributed by atoms with Crippen LogP contribution in [0.2, 0.25) is 0 Å². The summed E-state index contributed by atoms with van der Waals surface area (Å²) in [6, 6.07) is 9.21. The monoisotopic (exact) mass is 176 g/mol. The minimum absolute atomic E-state index is 0.482. The minimum atomic E-state index is 0.482. The summed E-state index contributed by atoms with van der Waals surface area (Å²) in [6.07, 6.45) is 2.37. The molecule has 4 nitrogen and oxygen atoms in total. The van der Waals surface area contributed by atoms with Crippen molar-refractivity contribution >= 4 is 0 Å². The van der Waals surface area contributed by atoms with E-state index in [0.29, 0.717) is 10.4 Å². The molecule has 0 fully saturated rings. The Morgan fingerprint density at radius 2 is 1.92 bits per heavy atom. The summed E-state index contributed by atoms with van der Waals surface area (Å²) in [6.45, 7) is 0. The smallest absolute Gasteiger partial charge is 0.287 e. The van der Waals surface area contributed by atoms with E-state index >= 15 is 0 Å². The fraction of sp³-hybridized carbons (Fsp3) is 0. The molecule has 0 bridgehead atoms. The molecule has 66 valence electrons. The summed E-state index contributed by atoms with van der Waals surface area (Å²) in [5, 5.41) is 20.1. The topological polar surface area (TPSA) is 52.1 Å². The normalized spacial score (nSPS) is 10.2. The fourth-order valence-electron chi connectivity index (χ4n) is 1.20. The molecule has 0 aliphatic carbocycles. The molecule has 0 saturated carbocycles. The Bertz CT molecular complexity index is 409. The molecule has 4 heteroatoms. The van der Waals surface area contributed by atoms with Crippen molar-refractivity contribution < 1.29 is 9.94 Å². The molecule has 0 aliphatic rings. The Morgan fingerprint density at radius 1 is 1.23 bits per heavy atom. The van der Waals surface area contributed by atoms with Crippen molar-refractivity contribution in [3.8, 4) is 11.3 Å². The van der Waals surface area contributed by atoms with Crippen LogP contribution in [0.5, 0.6) is 0 Å². The zero-order chi connectivity index (χ0) is 9.26. The van der Waals surface area contributed by atoms with Crippen LogP contribution in [-0.4, -0.2) is 9.94 Å². The first-order chi connectivity index (χ1) is 6.27. The second-order valence-corrected chi connectivity index (χ2v) is 2.70.